The van der Waals surface area contributed by atoms with Crippen LogP contribution in [0, 0.1) is 5.92 Å². The monoisotopic (exact) mass is 296 g/mol. The predicted molar refractivity (Wildman–Crippen MR) is 74.7 cm³/mol. The fourth-order valence-corrected chi connectivity index (χ4v) is 2.64. The van der Waals surface area contributed by atoms with Crippen LogP contribution in [0.5, 0.6) is 0 Å². The molecule has 1 aliphatic heterocycles. The molecule has 0 saturated carbocycles. The second kappa shape index (κ2) is 6.70. The Hall–Kier alpha value is -1.62. The topological polar surface area (TPSA) is 70.5 Å². The van der Waals surface area contributed by atoms with E-state index < -0.39 is 5.97 Å². The Morgan fingerprint density at radius 2 is 2.10 bits per heavy atom. The van der Waals surface area contributed by atoms with Crippen molar-refractivity contribution in [1.29, 1.82) is 0 Å². The lowest BCUT2D eigenvalue weighted by Gasteiger charge is -2.31. The number of aliphatic carboxylic acids is 1. The fraction of sp³-hybridized carbons (Fsp3) is 0.500. The van der Waals surface area contributed by atoms with Gasteiger partial charge in [-0.3, -0.25) is 9.59 Å². The van der Waals surface area contributed by atoms with Crippen LogP contribution in [0.1, 0.15) is 36.0 Å². The number of carboxylic acid groups (broad SMARTS) is 1. The normalized spacial score (nSPS) is 16.1. The van der Waals surface area contributed by atoms with E-state index in [1.54, 1.807) is 17.0 Å². The molecule has 0 aliphatic carbocycles. The van der Waals surface area contributed by atoms with Crippen molar-refractivity contribution in [1.82, 2.24) is 9.88 Å². The summed E-state index contributed by atoms with van der Waals surface area (Å²) >= 11 is 5.78. The van der Waals surface area contributed by atoms with Crippen LogP contribution in [0.15, 0.2) is 18.3 Å². The maximum Gasteiger partial charge on any atom is 0.303 e. The summed E-state index contributed by atoms with van der Waals surface area (Å²) < 4.78 is 0. The summed E-state index contributed by atoms with van der Waals surface area (Å²) in [5.41, 5.74) is 0.550. The fourth-order valence-electron chi connectivity index (χ4n) is 2.47. The van der Waals surface area contributed by atoms with Crippen LogP contribution in [-0.4, -0.2) is 40.0 Å². The maximum absolute atomic E-state index is 12.3. The van der Waals surface area contributed by atoms with Gasteiger partial charge in [0.05, 0.1) is 0 Å². The molecule has 1 amide bonds. The van der Waals surface area contributed by atoms with Crippen molar-refractivity contribution in [2.75, 3.05) is 13.1 Å². The predicted octanol–water partition coefficient (Wildman–Crippen LogP) is 2.45. The number of carboxylic acids is 1. The van der Waals surface area contributed by atoms with Crippen molar-refractivity contribution >= 4 is 23.5 Å². The summed E-state index contributed by atoms with van der Waals surface area (Å²) in [6.07, 6.45) is 4.14. The number of likely N-dealkylation sites (tertiary alicyclic amines) is 1. The van der Waals surface area contributed by atoms with E-state index in [4.69, 9.17) is 16.7 Å². The lowest BCUT2D eigenvalue weighted by atomic mass is 9.92. The second-order valence-corrected chi connectivity index (χ2v) is 5.42. The van der Waals surface area contributed by atoms with E-state index in [0.29, 0.717) is 36.1 Å². The van der Waals surface area contributed by atoms with Gasteiger partial charge in [-0.2, -0.15) is 0 Å². The molecule has 1 aromatic rings. The molecule has 108 valence electrons. The van der Waals surface area contributed by atoms with E-state index in [9.17, 15) is 9.59 Å². The molecule has 20 heavy (non-hydrogen) atoms. The minimum absolute atomic E-state index is 0.0361. The van der Waals surface area contributed by atoms with E-state index in [1.807, 2.05) is 0 Å². The molecule has 0 unspecified atom stereocenters. The van der Waals surface area contributed by atoms with Gasteiger partial charge in [-0.15, -0.1) is 0 Å². The average molecular weight is 297 g/mol. The van der Waals surface area contributed by atoms with Gasteiger partial charge in [0.2, 0.25) is 0 Å². The van der Waals surface area contributed by atoms with E-state index >= 15 is 0 Å². The van der Waals surface area contributed by atoms with Crippen LogP contribution >= 0.6 is 11.6 Å². The van der Waals surface area contributed by atoms with E-state index in [0.717, 1.165) is 12.8 Å². The van der Waals surface area contributed by atoms with Crippen LogP contribution in [0.3, 0.4) is 0 Å². The highest BCUT2D eigenvalue weighted by Crippen LogP contribution is 2.23. The number of nitrogens with zero attached hydrogens (tertiary/aromatic N) is 2. The summed E-state index contributed by atoms with van der Waals surface area (Å²) in [6, 6.07) is 3.23. The van der Waals surface area contributed by atoms with Crippen molar-refractivity contribution < 1.29 is 14.7 Å². The third-order valence-electron chi connectivity index (χ3n) is 3.64. The van der Waals surface area contributed by atoms with Gasteiger partial charge in [0.15, 0.2) is 0 Å². The van der Waals surface area contributed by atoms with Gasteiger partial charge in [0, 0.05) is 31.3 Å². The number of halogens is 1. The minimum atomic E-state index is -0.755. The molecular weight excluding hydrogens is 280 g/mol. The van der Waals surface area contributed by atoms with Crippen molar-refractivity contribution in [3.8, 4) is 0 Å². The first-order valence-corrected chi connectivity index (χ1v) is 7.06. The summed E-state index contributed by atoms with van der Waals surface area (Å²) in [7, 11) is 0. The molecule has 0 spiro atoms. The Kier molecular flexibility index (Phi) is 4.95. The highest BCUT2D eigenvalue weighted by Gasteiger charge is 2.24. The van der Waals surface area contributed by atoms with Crippen molar-refractivity contribution in [3.05, 3.63) is 29.0 Å². The van der Waals surface area contributed by atoms with Crippen LogP contribution < -0.4 is 0 Å². The van der Waals surface area contributed by atoms with Gasteiger partial charge >= 0.3 is 5.97 Å². The second-order valence-electron chi connectivity index (χ2n) is 5.04. The van der Waals surface area contributed by atoms with Crippen LogP contribution in [0.4, 0.5) is 0 Å². The summed E-state index contributed by atoms with van der Waals surface area (Å²) in [4.78, 5) is 28.5. The first-order valence-electron chi connectivity index (χ1n) is 6.69. The quantitative estimate of drug-likeness (QED) is 0.866. The van der Waals surface area contributed by atoms with E-state index in [1.165, 1.54) is 6.20 Å². The highest BCUT2D eigenvalue weighted by molar-refractivity contribution is 6.29. The van der Waals surface area contributed by atoms with Gasteiger partial charge in [0.25, 0.3) is 5.91 Å². The molecule has 0 bridgehead atoms. The van der Waals surface area contributed by atoms with Gasteiger partial charge in [0.1, 0.15) is 5.15 Å². The Labute approximate surface area is 122 Å². The van der Waals surface area contributed by atoms with E-state index in [2.05, 4.69) is 4.98 Å². The molecule has 1 saturated heterocycles. The maximum atomic E-state index is 12.3. The van der Waals surface area contributed by atoms with Crippen LogP contribution in [0.2, 0.25) is 5.15 Å². The third kappa shape index (κ3) is 3.93. The Balaban J connectivity index is 1.87. The summed E-state index contributed by atoms with van der Waals surface area (Å²) in [6.45, 7) is 1.34. The SMILES string of the molecule is O=C(O)CCC1CCN(C(=O)c2ccnc(Cl)c2)CC1. The van der Waals surface area contributed by atoms with Gasteiger partial charge in [-0.25, -0.2) is 4.98 Å². The zero-order chi connectivity index (χ0) is 14.5. The molecule has 2 rings (SSSR count). The lowest BCUT2D eigenvalue weighted by molar-refractivity contribution is -0.137. The first kappa shape index (κ1) is 14.8. The number of rotatable bonds is 4. The van der Waals surface area contributed by atoms with Gasteiger partial charge in [-0.05, 0) is 37.3 Å². The number of amides is 1. The van der Waals surface area contributed by atoms with Crippen molar-refractivity contribution in [2.45, 2.75) is 25.7 Å². The molecule has 6 heteroatoms. The smallest absolute Gasteiger partial charge is 0.303 e. The number of pyridine rings is 1. The number of hydrogen-bond acceptors (Lipinski definition) is 3. The molecule has 0 atom stereocenters. The van der Waals surface area contributed by atoms with Crippen LogP contribution in [0.25, 0.3) is 0 Å². The molecular formula is C14H17ClN2O3. The lowest BCUT2D eigenvalue weighted by Crippen LogP contribution is -2.38. The zero-order valence-electron chi connectivity index (χ0n) is 11.1. The molecule has 1 aromatic heterocycles. The number of carbonyl (C=O) groups is 2. The number of carbonyl (C=O) groups excluding carboxylic acids is 1. The Morgan fingerprint density at radius 3 is 2.70 bits per heavy atom. The number of hydrogen-bond donors (Lipinski definition) is 1. The van der Waals surface area contributed by atoms with Gasteiger partial charge < -0.3 is 10.0 Å². The molecule has 1 N–H and O–H groups in total. The highest BCUT2D eigenvalue weighted by atomic mass is 35.5. The first-order chi connectivity index (χ1) is 9.56. The molecule has 1 aliphatic rings. The van der Waals surface area contributed by atoms with Crippen molar-refractivity contribution in [3.63, 3.8) is 0 Å². The molecule has 5 nitrogen and oxygen atoms in total. The zero-order valence-corrected chi connectivity index (χ0v) is 11.8. The summed E-state index contributed by atoms with van der Waals surface area (Å²) in [5, 5.41) is 8.99. The largest absolute Gasteiger partial charge is 0.481 e. The summed E-state index contributed by atoms with van der Waals surface area (Å²) in [5.74, 6) is -0.392. The average Bonchev–Trinajstić information content (AvgIpc) is 2.45. The molecule has 0 radical (unpaired) electrons. The molecule has 1 fully saturated rings. The third-order valence-corrected chi connectivity index (χ3v) is 3.85. The van der Waals surface area contributed by atoms with E-state index in [-0.39, 0.29) is 12.3 Å². The molecule has 2 heterocycles. The van der Waals surface area contributed by atoms with Crippen molar-refractivity contribution in [2.24, 2.45) is 5.92 Å². The Bertz CT molecular complexity index is 499. The molecule has 0 aromatic carbocycles. The van der Waals surface area contributed by atoms with Gasteiger partial charge in [-0.1, -0.05) is 11.6 Å². The standard InChI is InChI=1S/C14H17ClN2O3/c15-12-9-11(3-6-16-12)14(20)17-7-4-10(5-8-17)1-2-13(18)19/h3,6,9-10H,1-2,4-5,7-8H2,(H,18,19). The minimum Gasteiger partial charge on any atom is -0.481 e. The Morgan fingerprint density at radius 1 is 1.40 bits per heavy atom. The number of aromatic nitrogens is 1. The van der Waals surface area contributed by atoms with Crippen LogP contribution in [-0.2, 0) is 4.79 Å². The number of piperidine rings is 1.